The van der Waals surface area contributed by atoms with Gasteiger partial charge in [-0.1, -0.05) is 25.0 Å². The number of nitrogens with zero attached hydrogens (tertiary/aromatic N) is 5. The van der Waals surface area contributed by atoms with Gasteiger partial charge in [0.2, 0.25) is 0 Å². The summed E-state index contributed by atoms with van der Waals surface area (Å²) in [4.78, 5) is 28.2. The molecule has 1 amide bonds. The normalized spacial score (nSPS) is 17.9. The molecule has 29 heavy (non-hydrogen) atoms. The van der Waals surface area contributed by atoms with E-state index in [1.54, 1.807) is 12.1 Å². The molecule has 3 heterocycles. The third-order valence-corrected chi connectivity index (χ3v) is 5.73. The molecule has 0 bridgehead atoms. The van der Waals surface area contributed by atoms with E-state index in [4.69, 9.17) is 0 Å². The van der Waals surface area contributed by atoms with Crippen molar-refractivity contribution in [2.45, 2.75) is 32.6 Å². The van der Waals surface area contributed by atoms with E-state index in [9.17, 15) is 9.18 Å². The molecule has 7 heteroatoms. The fraction of sp³-hybridized carbons (Fsp3) is 0.500. The van der Waals surface area contributed by atoms with E-state index in [-0.39, 0.29) is 11.7 Å². The largest absolute Gasteiger partial charge is 0.366 e. The Kier molecular flexibility index (Phi) is 5.92. The molecule has 1 aromatic heterocycles. The maximum Gasteiger partial charge on any atom is 0.272 e. The monoisotopic (exact) mass is 397 g/mol. The minimum Gasteiger partial charge on any atom is -0.366 e. The number of piperazine rings is 1. The molecule has 0 unspecified atom stereocenters. The number of rotatable bonds is 3. The summed E-state index contributed by atoms with van der Waals surface area (Å²) < 4.78 is 14.0. The van der Waals surface area contributed by atoms with Crippen LogP contribution in [-0.4, -0.2) is 60.0 Å². The van der Waals surface area contributed by atoms with Crippen LogP contribution in [-0.2, 0) is 0 Å². The zero-order valence-electron chi connectivity index (χ0n) is 17.0. The second kappa shape index (κ2) is 8.76. The molecule has 1 aromatic carbocycles. The van der Waals surface area contributed by atoms with Crippen LogP contribution < -0.4 is 9.80 Å². The van der Waals surface area contributed by atoms with Gasteiger partial charge >= 0.3 is 0 Å². The molecule has 2 fully saturated rings. The van der Waals surface area contributed by atoms with Crippen LogP contribution in [0.15, 0.2) is 30.3 Å². The summed E-state index contributed by atoms with van der Waals surface area (Å²) in [6.07, 6.45) is 4.81. The molecule has 0 aliphatic carbocycles. The number of benzene rings is 1. The highest BCUT2D eigenvalue weighted by Gasteiger charge is 2.25. The van der Waals surface area contributed by atoms with Crippen molar-refractivity contribution in [2.75, 3.05) is 49.1 Å². The third-order valence-electron chi connectivity index (χ3n) is 5.73. The van der Waals surface area contributed by atoms with Gasteiger partial charge in [0.05, 0.1) is 5.69 Å². The zero-order valence-corrected chi connectivity index (χ0v) is 17.0. The van der Waals surface area contributed by atoms with Gasteiger partial charge in [0, 0.05) is 45.3 Å². The van der Waals surface area contributed by atoms with Gasteiger partial charge < -0.3 is 14.7 Å². The van der Waals surface area contributed by atoms with Crippen molar-refractivity contribution in [2.24, 2.45) is 0 Å². The molecule has 2 aliphatic heterocycles. The van der Waals surface area contributed by atoms with Gasteiger partial charge in [-0.05, 0) is 31.9 Å². The van der Waals surface area contributed by atoms with Gasteiger partial charge in [-0.3, -0.25) is 4.79 Å². The number of aromatic nitrogens is 2. The van der Waals surface area contributed by atoms with Crippen LogP contribution in [0.25, 0.3) is 0 Å². The van der Waals surface area contributed by atoms with E-state index in [0.29, 0.717) is 43.4 Å². The summed E-state index contributed by atoms with van der Waals surface area (Å²) >= 11 is 0. The predicted molar refractivity (Wildman–Crippen MR) is 112 cm³/mol. The average Bonchev–Trinajstić information content (AvgIpc) is 3.03. The lowest BCUT2D eigenvalue weighted by molar-refractivity contribution is 0.0740. The van der Waals surface area contributed by atoms with Gasteiger partial charge in [0.15, 0.2) is 0 Å². The van der Waals surface area contributed by atoms with Crippen LogP contribution in [0.1, 0.15) is 42.0 Å². The summed E-state index contributed by atoms with van der Waals surface area (Å²) in [5, 5.41) is 0. The first kappa shape index (κ1) is 19.6. The second-order valence-corrected chi connectivity index (χ2v) is 7.79. The molecule has 0 spiro atoms. The maximum atomic E-state index is 14.0. The lowest BCUT2D eigenvalue weighted by atomic mass is 10.2. The lowest BCUT2D eigenvalue weighted by Crippen LogP contribution is -2.49. The standard InChI is InChI=1S/C22H28FN5O/c1-17-24-19(16-21(25-17)27-10-6-2-3-7-11-27)22(29)28-14-12-26(13-15-28)20-9-5-4-8-18(20)23/h4-5,8-9,16H,2-3,6-7,10-15H2,1H3. The van der Waals surface area contributed by atoms with Crippen LogP contribution in [0.4, 0.5) is 15.9 Å². The third kappa shape index (κ3) is 4.49. The van der Waals surface area contributed by atoms with Gasteiger partial charge in [-0.25, -0.2) is 14.4 Å². The van der Waals surface area contributed by atoms with Crippen molar-refractivity contribution in [3.05, 3.63) is 47.7 Å². The number of carbonyl (C=O) groups excluding carboxylic acids is 1. The summed E-state index contributed by atoms with van der Waals surface area (Å²) in [6.45, 7) is 6.11. The van der Waals surface area contributed by atoms with Crippen molar-refractivity contribution >= 4 is 17.4 Å². The quantitative estimate of drug-likeness (QED) is 0.796. The van der Waals surface area contributed by atoms with E-state index in [1.165, 1.54) is 18.9 Å². The van der Waals surface area contributed by atoms with Crippen LogP contribution in [0.2, 0.25) is 0 Å². The Morgan fingerprint density at radius 3 is 2.28 bits per heavy atom. The molecule has 154 valence electrons. The van der Waals surface area contributed by atoms with E-state index in [0.717, 1.165) is 31.7 Å². The molecule has 0 atom stereocenters. The van der Waals surface area contributed by atoms with Crippen LogP contribution in [0, 0.1) is 12.7 Å². The molecule has 6 nitrogen and oxygen atoms in total. The van der Waals surface area contributed by atoms with Crippen molar-refractivity contribution in [1.82, 2.24) is 14.9 Å². The average molecular weight is 397 g/mol. The zero-order chi connectivity index (χ0) is 20.2. The maximum absolute atomic E-state index is 14.0. The van der Waals surface area contributed by atoms with Gasteiger partial charge in [0.1, 0.15) is 23.2 Å². The highest BCUT2D eigenvalue weighted by atomic mass is 19.1. The predicted octanol–water partition coefficient (Wildman–Crippen LogP) is 3.27. The summed E-state index contributed by atoms with van der Waals surface area (Å²) in [5.74, 6) is 1.19. The summed E-state index contributed by atoms with van der Waals surface area (Å²) in [7, 11) is 0. The SMILES string of the molecule is Cc1nc(C(=O)N2CCN(c3ccccc3F)CC2)cc(N2CCCCCC2)n1. The van der Waals surface area contributed by atoms with Gasteiger partial charge in [0.25, 0.3) is 5.91 Å². The number of carbonyl (C=O) groups is 1. The minimum absolute atomic E-state index is 0.0697. The first-order valence-electron chi connectivity index (χ1n) is 10.5. The number of halogens is 1. The number of amides is 1. The first-order chi connectivity index (χ1) is 14.1. The molecule has 2 saturated heterocycles. The van der Waals surface area contributed by atoms with Gasteiger partial charge in [-0.2, -0.15) is 0 Å². The Hall–Kier alpha value is -2.70. The molecule has 0 N–H and O–H groups in total. The molecule has 2 aliphatic rings. The smallest absolute Gasteiger partial charge is 0.272 e. The van der Waals surface area contributed by atoms with Crippen molar-refractivity contribution in [1.29, 1.82) is 0 Å². The van der Waals surface area contributed by atoms with E-state index in [1.807, 2.05) is 28.9 Å². The highest BCUT2D eigenvalue weighted by Crippen LogP contribution is 2.22. The van der Waals surface area contributed by atoms with Crippen LogP contribution in [0.5, 0.6) is 0 Å². The summed E-state index contributed by atoms with van der Waals surface area (Å²) in [5.41, 5.74) is 1.05. The number of hydrogen-bond donors (Lipinski definition) is 0. The number of hydrogen-bond acceptors (Lipinski definition) is 5. The van der Waals surface area contributed by atoms with Crippen molar-refractivity contribution in [3.63, 3.8) is 0 Å². The molecular formula is C22H28FN5O. The minimum atomic E-state index is -0.221. The highest BCUT2D eigenvalue weighted by molar-refractivity contribution is 5.93. The van der Waals surface area contributed by atoms with Crippen LogP contribution >= 0.6 is 0 Å². The van der Waals surface area contributed by atoms with Crippen molar-refractivity contribution in [3.8, 4) is 0 Å². The number of para-hydroxylation sites is 1. The Bertz CT molecular complexity index is 858. The van der Waals surface area contributed by atoms with E-state index < -0.39 is 0 Å². The topological polar surface area (TPSA) is 52.6 Å². The second-order valence-electron chi connectivity index (χ2n) is 7.79. The number of anilines is 2. The Morgan fingerprint density at radius 2 is 1.59 bits per heavy atom. The Labute approximate surface area is 171 Å². The molecule has 4 rings (SSSR count). The summed E-state index contributed by atoms with van der Waals surface area (Å²) in [6, 6.07) is 8.63. The molecular weight excluding hydrogens is 369 g/mol. The Balaban J connectivity index is 1.45. The Morgan fingerprint density at radius 1 is 0.897 bits per heavy atom. The van der Waals surface area contributed by atoms with Crippen LogP contribution in [0.3, 0.4) is 0 Å². The van der Waals surface area contributed by atoms with Crippen molar-refractivity contribution < 1.29 is 9.18 Å². The fourth-order valence-corrected chi connectivity index (χ4v) is 4.14. The van der Waals surface area contributed by atoms with Gasteiger partial charge in [-0.15, -0.1) is 0 Å². The fourth-order valence-electron chi connectivity index (χ4n) is 4.14. The lowest BCUT2D eigenvalue weighted by Gasteiger charge is -2.36. The van der Waals surface area contributed by atoms with E-state index >= 15 is 0 Å². The first-order valence-corrected chi connectivity index (χ1v) is 10.5. The molecule has 2 aromatic rings. The molecule has 0 radical (unpaired) electrons. The molecule has 0 saturated carbocycles. The van der Waals surface area contributed by atoms with E-state index in [2.05, 4.69) is 14.9 Å². The number of aryl methyl sites for hydroxylation is 1.